The number of rotatable bonds is 41. The van der Waals surface area contributed by atoms with E-state index in [9.17, 15) is 14.7 Å². The smallest absolute Gasteiger partial charge is 0.306 e. The molecule has 0 rings (SSSR count). The molecule has 7 nitrogen and oxygen atoms in total. The highest BCUT2D eigenvalue weighted by atomic mass is 16.5. The Bertz CT molecular complexity index is 789. The third-order valence-corrected chi connectivity index (χ3v) is 10.4. The number of nitrogens with zero attached hydrogens (tertiary/aromatic N) is 1. The van der Waals surface area contributed by atoms with Crippen molar-refractivity contribution in [3.63, 3.8) is 0 Å². The van der Waals surface area contributed by atoms with Crippen molar-refractivity contribution in [2.45, 2.75) is 232 Å². The van der Waals surface area contributed by atoms with Crippen LogP contribution in [0.15, 0.2) is 12.3 Å². The lowest BCUT2D eigenvalue weighted by molar-refractivity contribution is -0.150. The van der Waals surface area contributed by atoms with Crippen LogP contribution in [0, 0.1) is 0 Å². The Balaban J connectivity index is 4.00. The molecule has 308 valence electrons. The lowest BCUT2D eigenvalue weighted by Gasteiger charge is -2.21. The van der Waals surface area contributed by atoms with Gasteiger partial charge in [0.05, 0.1) is 25.6 Å². The second-order valence-corrected chi connectivity index (χ2v) is 15.5. The standard InChI is InChI=1S/C45H87NO6/c1-6-8-10-12-16-25-33-43(34-26-17-13-11-9-7-2)52-45(49)36-28-19-15-21-30-38-46(39-40-47)37-29-20-14-18-27-35-44(48)51-42(4)32-24-22-23-31-41(3)50-5/h42-43,47H,3,6-40H2,1-2,4-5H3. The number of esters is 2. The molecule has 0 amide bonds. The van der Waals surface area contributed by atoms with E-state index in [0.717, 1.165) is 135 Å². The first-order valence-corrected chi connectivity index (χ1v) is 22.3. The van der Waals surface area contributed by atoms with Gasteiger partial charge in [-0.1, -0.05) is 130 Å². The van der Waals surface area contributed by atoms with E-state index < -0.39 is 0 Å². The van der Waals surface area contributed by atoms with E-state index in [4.69, 9.17) is 14.2 Å². The topological polar surface area (TPSA) is 85.3 Å². The molecule has 0 aromatic rings. The van der Waals surface area contributed by atoms with Crippen molar-refractivity contribution in [2.75, 3.05) is 33.4 Å². The van der Waals surface area contributed by atoms with Gasteiger partial charge >= 0.3 is 11.9 Å². The predicted molar refractivity (Wildman–Crippen MR) is 220 cm³/mol. The van der Waals surface area contributed by atoms with E-state index in [1.165, 1.54) is 77.0 Å². The van der Waals surface area contributed by atoms with Crippen molar-refractivity contribution >= 4 is 11.9 Å². The van der Waals surface area contributed by atoms with E-state index in [0.29, 0.717) is 12.8 Å². The number of aliphatic hydroxyl groups is 1. The van der Waals surface area contributed by atoms with Gasteiger partial charge in [0.1, 0.15) is 6.10 Å². The quantitative estimate of drug-likeness (QED) is 0.0380. The van der Waals surface area contributed by atoms with Gasteiger partial charge in [0, 0.05) is 25.8 Å². The number of carbonyl (C=O) groups excluding carboxylic acids is 2. The van der Waals surface area contributed by atoms with Crippen molar-refractivity contribution in [2.24, 2.45) is 0 Å². The van der Waals surface area contributed by atoms with Gasteiger partial charge in [0.15, 0.2) is 0 Å². The van der Waals surface area contributed by atoms with Crippen LogP contribution < -0.4 is 0 Å². The first-order chi connectivity index (χ1) is 25.4. The Morgan fingerprint density at radius 2 is 0.942 bits per heavy atom. The largest absolute Gasteiger partial charge is 0.502 e. The second kappa shape index (κ2) is 39.1. The molecule has 0 aromatic carbocycles. The Morgan fingerprint density at radius 3 is 1.44 bits per heavy atom. The van der Waals surface area contributed by atoms with Gasteiger partial charge in [0.25, 0.3) is 0 Å². The van der Waals surface area contributed by atoms with Crippen LogP contribution in [0.1, 0.15) is 220 Å². The number of carbonyl (C=O) groups is 2. The molecular formula is C45H87NO6. The number of allylic oxidation sites excluding steroid dienone is 1. The number of unbranched alkanes of at least 4 members (excludes halogenated alkanes) is 20. The summed E-state index contributed by atoms with van der Waals surface area (Å²) in [6.07, 6.45) is 34.4. The summed E-state index contributed by atoms with van der Waals surface area (Å²) in [7, 11) is 1.66. The molecular weight excluding hydrogens is 650 g/mol. The summed E-state index contributed by atoms with van der Waals surface area (Å²) in [5, 5.41) is 9.56. The molecule has 1 atom stereocenters. The zero-order valence-electron chi connectivity index (χ0n) is 35.0. The van der Waals surface area contributed by atoms with Crippen molar-refractivity contribution in [3.8, 4) is 0 Å². The van der Waals surface area contributed by atoms with Gasteiger partial charge in [-0.3, -0.25) is 9.59 Å². The molecule has 0 spiro atoms. The molecule has 1 N–H and O–H groups in total. The van der Waals surface area contributed by atoms with E-state index in [1.807, 2.05) is 6.92 Å². The molecule has 0 aliphatic carbocycles. The van der Waals surface area contributed by atoms with Gasteiger partial charge in [-0.15, -0.1) is 0 Å². The van der Waals surface area contributed by atoms with Crippen molar-refractivity contribution in [1.29, 1.82) is 0 Å². The first-order valence-electron chi connectivity index (χ1n) is 22.3. The van der Waals surface area contributed by atoms with Crippen LogP contribution in [0.25, 0.3) is 0 Å². The summed E-state index contributed by atoms with van der Waals surface area (Å²) in [6, 6.07) is 0. The highest BCUT2D eigenvalue weighted by molar-refractivity contribution is 5.69. The fourth-order valence-corrected chi connectivity index (χ4v) is 6.93. The van der Waals surface area contributed by atoms with E-state index >= 15 is 0 Å². The van der Waals surface area contributed by atoms with Crippen LogP contribution >= 0.6 is 0 Å². The number of aliphatic hydroxyl groups excluding tert-OH is 1. The van der Waals surface area contributed by atoms with Crippen LogP contribution in [0.4, 0.5) is 0 Å². The summed E-state index contributed by atoms with van der Waals surface area (Å²) < 4.78 is 16.7. The van der Waals surface area contributed by atoms with E-state index in [1.54, 1.807) is 7.11 Å². The van der Waals surface area contributed by atoms with E-state index in [-0.39, 0.29) is 30.8 Å². The SMILES string of the molecule is C=C(CCCCCC(C)OC(=O)CCCCCCCN(CCO)CCCCCCCC(=O)OC(CCCCCCCC)CCCCCCCC)OC. The first kappa shape index (κ1) is 50.4. The summed E-state index contributed by atoms with van der Waals surface area (Å²) >= 11 is 0. The van der Waals surface area contributed by atoms with Crippen LogP contribution in [0.2, 0.25) is 0 Å². The average Bonchev–Trinajstić information content (AvgIpc) is 3.12. The highest BCUT2D eigenvalue weighted by Crippen LogP contribution is 2.19. The van der Waals surface area contributed by atoms with Crippen LogP contribution in [-0.2, 0) is 23.8 Å². The van der Waals surface area contributed by atoms with Crippen LogP contribution in [0.5, 0.6) is 0 Å². The fourth-order valence-electron chi connectivity index (χ4n) is 6.93. The summed E-state index contributed by atoms with van der Waals surface area (Å²) in [4.78, 5) is 27.3. The molecule has 0 radical (unpaired) electrons. The lowest BCUT2D eigenvalue weighted by atomic mass is 10.0. The number of hydrogen-bond acceptors (Lipinski definition) is 7. The number of hydrogen-bond donors (Lipinski definition) is 1. The Morgan fingerprint density at radius 1 is 0.538 bits per heavy atom. The maximum atomic E-state index is 12.7. The minimum atomic E-state index is -0.0689. The minimum Gasteiger partial charge on any atom is -0.502 e. The van der Waals surface area contributed by atoms with Gasteiger partial charge in [-0.2, -0.15) is 0 Å². The summed E-state index contributed by atoms with van der Waals surface area (Å²) in [5.41, 5.74) is 0. The monoisotopic (exact) mass is 738 g/mol. The predicted octanol–water partition coefficient (Wildman–Crippen LogP) is 12.4. The van der Waals surface area contributed by atoms with Crippen molar-refractivity contribution in [3.05, 3.63) is 12.3 Å². The Hall–Kier alpha value is -1.60. The average molecular weight is 738 g/mol. The van der Waals surface area contributed by atoms with E-state index in [2.05, 4.69) is 25.3 Å². The second-order valence-electron chi connectivity index (χ2n) is 15.5. The van der Waals surface area contributed by atoms with Gasteiger partial charge in [-0.25, -0.2) is 0 Å². The summed E-state index contributed by atoms with van der Waals surface area (Å²) in [6.45, 7) is 13.3. The number of ether oxygens (including phenoxy) is 3. The molecule has 0 aliphatic rings. The third kappa shape index (κ3) is 35.4. The molecule has 7 heteroatoms. The Labute approximate surface area is 322 Å². The minimum absolute atomic E-state index is 0.00816. The molecule has 0 saturated carbocycles. The number of methoxy groups -OCH3 is 1. The molecule has 0 bridgehead atoms. The molecule has 0 aliphatic heterocycles. The zero-order valence-corrected chi connectivity index (χ0v) is 35.0. The molecule has 1 unspecified atom stereocenters. The van der Waals surface area contributed by atoms with Crippen molar-refractivity contribution in [1.82, 2.24) is 4.90 Å². The van der Waals surface area contributed by atoms with Gasteiger partial charge in [0.2, 0.25) is 0 Å². The van der Waals surface area contributed by atoms with Crippen LogP contribution in [0.3, 0.4) is 0 Å². The molecule has 0 saturated heterocycles. The maximum Gasteiger partial charge on any atom is 0.306 e. The fraction of sp³-hybridized carbons (Fsp3) is 0.911. The molecule has 0 heterocycles. The molecule has 52 heavy (non-hydrogen) atoms. The van der Waals surface area contributed by atoms with Gasteiger partial charge < -0.3 is 24.2 Å². The normalized spacial score (nSPS) is 12.1. The third-order valence-electron chi connectivity index (χ3n) is 10.4. The molecule has 0 fully saturated rings. The zero-order chi connectivity index (χ0) is 38.3. The maximum absolute atomic E-state index is 12.7. The van der Waals surface area contributed by atoms with Gasteiger partial charge in [-0.05, 0) is 90.6 Å². The van der Waals surface area contributed by atoms with Crippen LogP contribution in [-0.4, -0.2) is 67.5 Å². The highest BCUT2D eigenvalue weighted by Gasteiger charge is 2.15. The molecule has 0 aromatic heterocycles. The Kier molecular flexibility index (Phi) is 37.9. The van der Waals surface area contributed by atoms with Crippen molar-refractivity contribution < 1.29 is 28.9 Å². The summed E-state index contributed by atoms with van der Waals surface area (Å²) in [5.74, 6) is 0.770. The lowest BCUT2D eigenvalue weighted by Crippen LogP contribution is -2.29.